The fraction of sp³-hybridized carbons (Fsp3) is 1.00. The highest BCUT2D eigenvalue weighted by atomic mass is 19.3. The second-order valence-electron chi connectivity index (χ2n) is 12.9. The maximum atomic E-state index is 14.4. The number of halogens is 3. The van der Waals surface area contributed by atoms with E-state index in [0.717, 1.165) is 32.1 Å². The molecule has 3 heteroatoms. The van der Waals surface area contributed by atoms with E-state index in [1.165, 1.54) is 0 Å². The Kier molecular flexibility index (Phi) is 4.70. The van der Waals surface area contributed by atoms with Crippen molar-refractivity contribution in [2.45, 2.75) is 100 Å². The zero-order valence-corrected chi connectivity index (χ0v) is 18.8. The van der Waals surface area contributed by atoms with E-state index < -0.39 is 11.8 Å². The highest BCUT2D eigenvalue weighted by Crippen LogP contribution is 2.75. The van der Waals surface area contributed by atoms with Gasteiger partial charge in [0.25, 0.3) is 0 Å². The molecule has 0 spiro atoms. The SMILES string of the molecule is CC(C)(C)C1(C)CC1CC(C)(C)C1(C(F)F)CC1CC(C)(C)C1(CF)CC1. The molecule has 158 valence electrons. The van der Waals surface area contributed by atoms with Crippen LogP contribution in [0.2, 0.25) is 0 Å². The first-order valence-corrected chi connectivity index (χ1v) is 10.9. The summed E-state index contributed by atoms with van der Waals surface area (Å²) < 4.78 is 42.4. The van der Waals surface area contributed by atoms with Gasteiger partial charge in [-0.05, 0) is 72.0 Å². The number of hydrogen-bond donors (Lipinski definition) is 0. The summed E-state index contributed by atoms with van der Waals surface area (Å²) in [5, 5.41) is 0. The van der Waals surface area contributed by atoms with Gasteiger partial charge in [-0.2, -0.15) is 0 Å². The molecule has 4 unspecified atom stereocenters. The number of alkyl halides is 3. The molecule has 3 fully saturated rings. The van der Waals surface area contributed by atoms with E-state index >= 15 is 0 Å². The Morgan fingerprint density at radius 3 is 1.74 bits per heavy atom. The minimum Gasteiger partial charge on any atom is -0.250 e. The quantitative estimate of drug-likeness (QED) is 0.397. The third-order valence-electron chi connectivity index (χ3n) is 9.99. The molecule has 0 N–H and O–H groups in total. The molecule has 0 aromatic carbocycles. The van der Waals surface area contributed by atoms with Gasteiger partial charge in [-0.15, -0.1) is 0 Å². The van der Waals surface area contributed by atoms with E-state index in [1.807, 2.05) is 0 Å². The molecule has 3 aliphatic rings. The first kappa shape index (κ1) is 21.5. The largest absolute Gasteiger partial charge is 0.250 e. The van der Waals surface area contributed by atoms with Crippen molar-refractivity contribution >= 4 is 0 Å². The maximum Gasteiger partial charge on any atom is 0.244 e. The highest BCUT2D eigenvalue weighted by molar-refractivity contribution is 5.17. The first-order valence-electron chi connectivity index (χ1n) is 10.9. The van der Waals surface area contributed by atoms with Gasteiger partial charge in [0, 0.05) is 10.8 Å². The van der Waals surface area contributed by atoms with Gasteiger partial charge >= 0.3 is 0 Å². The summed E-state index contributed by atoms with van der Waals surface area (Å²) >= 11 is 0. The molecule has 0 aromatic heterocycles. The van der Waals surface area contributed by atoms with Crippen LogP contribution >= 0.6 is 0 Å². The number of rotatable bonds is 8. The molecule has 0 aliphatic heterocycles. The molecule has 3 saturated carbocycles. The molecular weight excluding hydrogens is 345 g/mol. The van der Waals surface area contributed by atoms with Crippen molar-refractivity contribution in [2.24, 2.45) is 44.3 Å². The molecule has 3 aliphatic carbocycles. The van der Waals surface area contributed by atoms with Crippen molar-refractivity contribution in [3.63, 3.8) is 0 Å². The van der Waals surface area contributed by atoms with E-state index in [9.17, 15) is 13.2 Å². The molecule has 0 saturated heterocycles. The third kappa shape index (κ3) is 3.08. The van der Waals surface area contributed by atoms with Crippen molar-refractivity contribution < 1.29 is 13.2 Å². The lowest BCUT2D eigenvalue weighted by Crippen LogP contribution is -2.37. The Hall–Kier alpha value is -0.210. The molecule has 0 nitrogen and oxygen atoms in total. The predicted molar refractivity (Wildman–Crippen MR) is 107 cm³/mol. The topological polar surface area (TPSA) is 0 Å². The van der Waals surface area contributed by atoms with Crippen molar-refractivity contribution in [2.75, 3.05) is 6.67 Å². The molecule has 0 bridgehead atoms. The van der Waals surface area contributed by atoms with Gasteiger partial charge in [-0.3, -0.25) is 4.39 Å². The molecule has 0 amide bonds. The van der Waals surface area contributed by atoms with Crippen LogP contribution in [-0.2, 0) is 0 Å². The van der Waals surface area contributed by atoms with Crippen LogP contribution in [0.5, 0.6) is 0 Å². The van der Waals surface area contributed by atoms with E-state index in [1.54, 1.807) is 0 Å². The second-order valence-corrected chi connectivity index (χ2v) is 12.9. The molecule has 27 heavy (non-hydrogen) atoms. The summed E-state index contributed by atoms with van der Waals surface area (Å²) in [4.78, 5) is 0. The van der Waals surface area contributed by atoms with Gasteiger partial charge in [0.2, 0.25) is 6.43 Å². The van der Waals surface area contributed by atoms with Crippen molar-refractivity contribution in [1.29, 1.82) is 0 Å². The Labute approximate surface area is 165 Å². The van der Waals surface area contributed by atoms with Crippen LogP contribution in [0.3, 0.4) is 0 Å². The smallest absolute Gasteiger partial charge is 0.244 e. The number of hydrogen-bond acceptors (Lipinski definition) is 0. The van der Waals surface area contributed by atoms with E-state index in [2.05, 4.69) is 55.4 Å². The van der Waals surface area contributed by atoms with Crippen LogP contribution in [0.1, 0.15) is 93.9 Å². The monoisotopic (exact) mass is 386 g/mol. The average Bonchev–Trinajstić information content (AvgIpc) is 3.33. The van der Waals surface area contributed by atoms with Crippen LogP contribution in [0.4, 0.5) is 13.2 Å². The van der Waals surface area contributed by atoms with E-state index in [-0.39, 0.29) is 39.7 Å². The first-order chi connectivity index (χ1) is 12.1. The van der Waals surface area contributed by atoms with E-state index in [4.69, 9.17) is 0 Å². The van der Waals surface area contributed by atoms with Crippen LogP contribution in [0.25, 0.3) is 0 Å². The zero-order valence-electron chi connectivity index (χ0n) is 18.8. The minimum atomic E-state index is -2.28. The summed E-state index contributed by atoms with van der Waals surface area (Å²) in [7, 11) is 0. The van der Waals surface area contributed by atoms with Crippen molar-refractivity contribution in [1.82, 2.24) is 0 Å². The predicted octanol–water partition coefficient (Wildman–Crippen LogP) is 7.91. The molecule has 4 atom stereocenters. The fourth-order valence-corrected chi connectivity index (χ4v) is 6.44. The van der Waals surface area contributed by atoms with Crippen LogP contribution in [0.15, 0.2) is 0 Å². The zero-order chi connectivity index (χ0) is 20.7. The minimum absolute atomic E-state index is 0.0335. The Morgan fingerprint density at radius 1 is 0.852 bits per heavy atom. The summed E-state index contributed by atoms with van der Waals surface area (Å²) in [5.41, 5.74) is -1.19. The Bertz CT molecular complexity index is 581. The summed E-state index contributed by atoms with van der Waals surface area (Å²) in [6.45, 7) is 17.2. The summed E-state index contributed by atoms with van der Waals surface area (Å²) in [5.74, 6) is 0.573. The van der Waals surface area contributed by atoms with Gasteiger partial charge in [-0.25, -0.2) is 8.78 Å². The average molecular weight is 387 g/mol. The highest BCUT2D eigenvalue weighted by Gasteiger charge is 2.71. The second kappa shape index (κ2) is 5.91. The molecule has 0 radical (unpaired) electrons. The fourth-order valence-electron chi connectivity index (χ4n) is 6.44. The van der Waals surface area contributed by atoms with Gasteiger partial charge in [0.15, 0.2) is 0 Å². The van der Waals surface area contributed by atoms with Crippen molar-refractivity contribution in [3.05, 3.63) is 0 Å². The van der Waals surface area contributed by atoms with Crippen molar-refractivity contribution in [3.8, 4) is 0 Å². The lowest BCUT2D eigenvalue weighted by Gasteiger charge is -2.40. The lowest BCUT2D eigenvalue weighted by atomic mass is 9.66. The molecular formula is C24H41F3. The van der Waals surface area contributed by atoms with Gasteiger partial charge in [0.1, 0.15) is 0 Å². The van der Waals surface area contributed by atoms with Gasteiger partial charge in [-0.1, -0.05) is 55.4 Å². The maximum absolute atomic E-state index is 14.4. The Morgan fingerprint density at radius 2 is 1.37 bits per heavy atom. The van der Waals surface area contributed by atoms with Gasteiger partial charge in [0.05, 0.1) is 6.67 Å². The molecule has 0 heterocycles. The van der Waals surface area contributed by atoms with Crippen LogP contribution < -0.4 is 0 Å². The summed E-state index contributed by atoms with van der Waals surface area (Å²) in [6, 6.07) is 0. The van der Waals surface area contributed by atoms with Crippen LogP contribution in [0, 0.1) is 44.3 Å². The standard InChI is InChI=1S/C24H41F3/c1-19(2,3)22(8)13-16(22)11-21(6,7)24(18(26)27)14-17(24)12-20(4,5)23(15-25)9-10-23/h16-18H,9-15H2,1-8H3. The lowest BCUT2D eigenvalue weighted by molar-refractivity contribution is -0.0393. The van der Waals surface area contributed by atoms with Crippen LogP contribution in [-0.4, -0.2) is 13.1 Å². The third-order valence-corrected chi connectivity index (χ3v) is 9.99. The molecule has 3 rings (SSSR count). The Balaban J connectivity index is 1.73. The molecule has 0 aromatic rings. The van der Waals surface area contributed by atoms with Gasteiger partial charge < -0.3 is 0 Å². The van der Waals surface area contributed by atoms with E-state index in [0.29, 0.717) is 12.3 Å². The normalized spacial score (nSPS) is 38.2. The summed E-state index contributed by atoms with van der Waals surface area (Å²) in [6.07, 6.45) is 2.94.